The van der Waals surface area contributed by atoms with E-state index in [0.29, 0.717) is 0 Å². The highest BCUT2D eigenvalue weighted by Gasteiger charge is 2.55. The minimum Gasteiger partial charge on any atom is -0.310 e. The first-order chi connectivity index (χ1) is 33.1. The van der Waals surface area contributed by atoms with Crippen LogP contribution in [0.5, 0.6) is 0 Å². The van der Waals surface area contributed by atoms with Crippen molar-refractivity contribution in [3.63, 3.8) is 0 Å². The third-order valence-electron chi connectivity index (χ3n) is 17.8. The fourth-order valence-corrected chi connectivity index (χ4v) is 14.9. The summed E-state index contributed by atoms with van der Waals surface area (Å²) in [6, 6.07) is 64.3. The number of fused-ring (bicyclic) bond motifs is 14. The van der Waals surface area contributed by atoms with Crippen molar-refractivity contribution in [2.45, 2.75) is 70.6 Å². The van der Waals surface area contributed by atoms with Crippen molar-refractivity contribution >= 4 is 66.6 Å². The molecule has 0 unspecified atom stereocenters. The maximum atomic E-state index is 2.76. The zero-order valence-electron chi connectivity index (χ0n) is 39.5. The lowest BCUT2D eigenvalue weighted by atomic mass is 9.33. The van der Waals surface area contributed by atoms with Gasteiger partial charge in [0.25, 0.3) is 6.71 Å². The van der Waals surface area contributed by atoms with E-state index < -0.39 is 5.41 Å². The van der Waals surface area contributed by atoms with Gasteiger partial charge in [-0.25, -0.2) is 0 Å². The molecule has 1 spiro atoms. The Bertz CT molecular complexity index is 4110. The second kappa shape index (κ2) is 12.2. The first kappa shape index (κ1) is 37.7. The second-order valence-electron chi connectivity index (χ2n) is 22.3. The van der Waals surface area contributed by atoms with Gasteiger partial charge in [0.1, 0.15) is 0 Å². The van der Waals surface area contributed by atoms with Crippen molar-refractivity contribution in [3.8, 4) is 44.9 Å². The first-order valence-corrected chi connectivity index (χ1v) is 24.8. The SMILES string of the molecule is Cc1cc2c3c(c1)c1cc(C)cc4c1n3-c1c(ccc3c1B2c1c2cc5c(cc2cc2c(-c6ccccc6)c(-c6ccccc6)n-3c12)C(C)(C)CCC5(C)C)C41c2ccccc2-c2ccccc21. The molecule has 322 valence electrons. The number of aryl methyl sites for hydroxylation is 2. The number of hydrogen-bond acceptors (Lipinski definition) is 0. The Morgan fingerprint density at radius 1 is 0.441 bits per heavy atom. The summed E-state index contributed by atoms with van der Waals surface area (Å²) in [5.74, 6) is 0. The highest BCUT2D eigenvalue weighted by molar-refractivity contribution is 7.01. The van der Waals surface area contributed by atoms with Crippen LogP contribution in [0.25, 0.3) is 88.4 Å². The Hall–Kier alpha value is -7.36. The van der Waals surface area contributed by atoms with Crippen LogP contribution in [0, 0.1) is 13.8 Å². The number of hydrogen-bond donors (Lipinski definition) is 0. The molecule has 5 heterocycles. The summed E-state index contributed by atoms with van der Waals surface area (Å²) in [7, 11) is 0. The molecule has 68 heavy (non-hydrogen) atoms. The molecule has 11 aromatic rings. The van der Waals surface area contributed by atoms with Gasteiger partial charge in [0.15, 0.2) is 0 Å². The smallest absolute Gasteiger partial charge is 0.253 e. The lowest BCUT2D eigenvalue weighted by molar-refractivity contribution is 0.332. The monoisotopic (exact) mass is 868 g/mol. The molecule has 0 saturated heterocycles. The maximum Gasteiger partial charge on any atom is 0.253 e. The van der Waals surface area contributed by atoms with Crippen molar-refractivity contribution in [2.24, 2.45) is 0 Å². The second-order valence-corrected chi connectivity index (χ2v) is 22.3. The molecule has 16 rings (SSSR count). The molecule has 5 aliphatic rings. The van der Waals surface area contributed by atoms with Crippen LogP contribution in [-0.2, 0) is 16.2 Å². The molecule has 9 aromatic carbocycles. The van der Waals surface area contributed by atoms with Crippen LogP contribution >= 0.6 is 0 Å². The van der Waals surface area contributed by atoms with E-state index in [1.54, 1.807) is 0 Å². The van der Waals surface area contributed by atoms with Crippen molar-refractivity contribution in [2.75, 3.05) is 0 Å². The number of benzene rings is 9. The van der Waals surface area contributed by atoms with E-state index in [9.17, 15) is 0 Å². The molecular weight excluding hydrogens is 820 g/mol. The fourth-order valence-electron chi connectivity index (χ4n) is 14.9. The first-order valence-electron chi connectivity index (χ1n) is 24.8. The van der Waals surface area contributed by atoms with Crippen molar-refractivity contribution in [1.82, 2.24) is 9.13 Å². The van der Waals surface area contributed by atoms with Gasteiger partial charge in [0, 0.05) is 38.6 Å². The topological polar surface area (TPSA) is 9.86 Å². The van der Waals surface area contributed by atoms with Gasteiger partial charge in [0.05, 0.1) is 22.1 Å². The van der Waals surface area contributed by atoms with Gasteiger partial charge in [-0.05, 0) is 145 Å². The standard InChI is InChI=1S/C65H49BN2/c1-36-29-44-45-30-37(2)32-53-60(45)68-59(44)52(31-36)65(47-23-15-13-21-41(47)42-22-14-16-24-48(42)65)49-25-26-54-57(62(49)68)66(53)56-43-35-51-50(63(3,4)27-28-64(51,5)6)34-40(43)33-46-55(38-17-9-7-10-18-38)58(67(54)61(46)56)39-19-11-8-12-20-39/h7-26,29-35H,27-28H2,1-6H3. The van der Waals surface area contributed by atoms with Crippen LogP contribution in [0.2, 0.25) is 0 Å². The van der Waals surface area contributed by atoms with Gasteiger partial charge in [-0.3, -0.25) is 0 Å². The Morgan fingerprint density at radius 3 is 1.74 bits per heavy atom. The van der Waals surface area contributed by atoms with Crippen LogP contribution in [0.15, 0.2) is 164 Å². The van der Waals surface area contributed by atoms with Gasteiger partial charge >= 0.3 is 0 Å². The molecule has 0 bridgehead atoms. The highest BCUT2D eigenvalue weighted by Crippen LogP contribution is 2.62. The van der Waals surface area contributed by atoms with Crippen LogP contribution < -0.4 is 16.4 Å². The number of aromatic nitrogens is 2. The van der Waals surface area contributed by atoms with Crippen LogP contribution in [0.1, 0.15) is 85.0 Å². The molecule has 3 heteroatoms. The van der Waals surface area contributed by atoms with Gasteiger partial charge in [-0.1, -0.05) is 178 Å². The summed E-state index contributed by atoms with van der Waals surface area (Å²) in [5, 5.41) is 6.80. The molecule has 3 aliphatic heterocycles. The summed E-state index contributed by atoms with van der Waals surface area (Å²) in [6.45, 7) is 14.6. The van der Waals surface area contributed by atoms with Gasteiger partial charge in [-0.2, -0.15) is 0 Å². The Labute approximate surface area is 397 Å². The molecular formula is C65H49BN2. The largest absolute Gasteiger partial charge is 0.310 e. The maximum absolute atomic E-state index is 2.76. The number of rotatable bonds is 2. The average molecular weight is 869 g/mol. The summed E-state index contributed by atoms with van der Waals surface area (Å²) in [5.41, 5.74) is 29.6. The van der Waals surface area contributed by atoms with E-state index >= 15 is 0 Å². The predicted molar refractivity (Wildman–Crippen MR) is 286 cm³/mol. The molecule has 0 N–H and O–H groups in total. The molecule has 2 aromatic heterocycles. The molecule has 0 saturated carbocycles. The van der Waals surface area contributed by atoms with E-state index in [4.69, 9.17) is 0 Å². The summed E-state index contributed by atoms with van der Waals surface area (Å²) in [4.78, 5) is 0. The Kier molecular flexibility index (Phi) is 6.77. The lowest BCUT2D eigenvalue weighted by Gasteiger charge is -2.44. The minimum absolute atomic E-state index is 0.00985. The molecule has 0 fully saturated rings. The van der Waals surface area contributed by atoms with Gasteiger partial charge in [-0.15, -0.1) is 0 Å². The van der Waals surface area contributed by atoms with E-state index in [1.807, 2.05) is 0 Å². The lowest BCUT2D eigenvalue weighted by Crippen LogP contribution is -2.60. The van der Waals surface area contributed by atoms with Crippen LogP contribution in [-0.4, -0.2) is 15.8 Å². The van der Waals surface area contributed by atoms with Gasteiger partial charge in [0.2, 0.25) is 0 Å². The van der Waals surface area contributed by atoms with E-state index in [2.05, 4.69) is 214 Å². The van der Waals surface area contributed by atoms with E-state index in [0.717, 1.165) is 0 Å². The van der Waals surface area contributed by atoms with E-state index in [-0.39, 0.29) is 17.5 Å². The van der Waals surface area contributed by atoms with Crippen LogP contribution in [0.4, 0.5) is 0 Å². The third kappa shape index (κ3) is 4.23. The third-order valence-corrected chi connectivity index (χ3v) is 17.8. The molecule has 2 aliphatic carbocycles. The van der Waals surface area contributed by atoms with Crippen molar-refractivity contribution in [3.05, 3.63) is 208 Å². The van der Waals surface area contributed by atoms with Crippen molar-refractivity contribution < 1.29 is 0 Å². The zero-order chi connectivity index (χ0) is 45.3. The fraction of sp³-hybridized carbons (Fsp3) is 0.169. The Morgan fingerprint density at radius 2 is 1.04 bits per heavy atom. The quantitative estimate of drug-likeness (QED) is 0.153. The zero-order valence-corrected chi connectivity index (χ0v) is 39.5. The predicted octanol–water partition coefficient (Wildman–Crippen LogP) is 14.0. The Balaban J connectivity index is 1.19. The van der Waals surface area contributed by atoms with Gasteiger partial charge < -0.3 is 9.13 Å². The summed E-state index contributed by atoms with van der Waals surface area (Å²) in [6.07, 6.45) is 2.36. The van der Waals surface area contributed by atoms with Crippen LogP contribution in [0.3, 0.4) is 0 Å². The highest BCUT2D eigenvalue weighted by atomic mass is 15.1. The summed E-state index contributed by atoms with van der Waals surface area (Å²) < 4.78 is 5.49. The van der Waals surface area contributed by atoms with E-state index in [1.165, 1.54) is 162 Å². The minimum atomic E-state index is -0.513. The molecule has 0 radical (unpaired) electrons. The molecule has 0 atom stereocenters. The average Bonchev–Trinajstić information content (AvgIpc) is 3.97. The van der Waals surface area contributed by atoms with Crippen molar-refractivity contribution in [1.29, 1.82) is 0 Å². The molecule has 2 nitrogen and oxygen atoms in total. The number of nitrogens with zero attached hydrogens (tertiary/aromatic N) is 2. The molecule has 0 amide bonds. The normalized spacial score (nSPS) is 16.6. The summed E-state index contributed by atoms with van der Waals surface area (Å²) >= 11 is 0.